The Morgan fingerprint density at radius 1 is 0.927 bits per heavy atom. The zero-order chi connectivity index (χ0) is 29.5. The molecule has 0 unspecified atom stereocenters. The van der Waals surface area contributed by atoms with Gasteiger partial charge in [0.25, 0.3) is 5.91 Å². The number of anilines is 1. The fourth-order valence-corrected chi connectivity index (χ4v) is 5.30. The number of methoxy groups -OCH3 is 1. The molecule has 0 N–H and O–H groups in total. The Hall–Kier alpha value is -3.78. The lowest BCUT2D eigenvalue weighted by Gasteiger charge is -2.30. The van der Waals surface area contributed by atoms with Crippen LogP contribution in [0.15, 0.2) is 54.9 Å². The molecule has 2 amide bonds. The van der Waals surface area contributed by atoms with Crippen molar-refractivity contribution >= 4 is 17.5 Å². The number of aryl methyl sites for hydroxylation is 1. The third-order valence-electron chi connectivity index (χ3n) is 7.70. The second-order valence-corrected chi connectivity index (χ2v) is 11.3. The highest BCUT2D eigenvalue weighted by Crippen LogP contribution is 2.29. The standard InChI is InChI=1S/C33H43N5O3/c1-23(2)32-34-20-28(21-35-32)33(40)37-18-17-36(24(3)4)15-8-16-38(31-25(5)9-7-10-27(31)22-37)30(39)19-26-11-13-29(41-6)14-12-26/h7,9-14,20-21,23-24H,8,15-19,22H2,1-6H3. The van der Waals surface area contributed by atoms with E-state index in [1.165, 1.54) is 0 Å². The monoisotopic (exact) mass is 557 g/mol. The van der Waals surface area contributed by atoms with Gasteiger partial charge in [-0.25, -0.2) is 9.97 Å². The van der Waals surface area contributed by atoms with E-state index < -0.39 is 0 Å². The predicted octanol–water partition coefficient (Wildman–Crippen LogP) is 5.25. The SMILES string of the molecule is COc1ccc(CC(=O)N2CCCN(C(C)C)CCN(C(=O)c3cnc(C(C)C)nc3)Cc3cccc(C)c32)cc1. The summed E-state index contributed by atoms with van der Waals surface area (Å²) >= 11 is 0. The van der Waals surface area contributed by atoms with Crippen molar-refractivity contribution in [1.29, 1.82) is 0 Å². The number of carbonyl (C=O) groups is 2. The predicted molar refractivity (Wildman–Crippen MR) is 162 cm³/mol. The molecule has 0 aliphatic carbocycles. The number of fused-ring (bicyclic) bond motifs is 1. The van der Waals surface area contributed by atoms with Crippen LogP contribution in [0, 0.1) is 6.92 Å². The third-order valence-corrected chi connectivity index (χ3v) is 7.70. The van der Waals surface area contributed by atoms with E-state index in [-0.39, 0.29) is 24.2 Å². The molecule has 1 aromatic heterocycles. The Bertz CT molecular complexity index is 1320. The lowest BCUT2D eigenvalue weighted by Crippen LogP contribution is -2.41. The Morgan fingerprint density at radius 3 is 2.27 bits per heavy atom. The minimum absolute atomic E-state index is 0.0385. The first-order chi connectivity index (χ1) is 19.7. The van der Waals surface area contributed by atoms with Crippen LogP contribution in [0.4, 0.5) is 5.69 Å². The van der Waals surface area contributed by atoms with Gasteiger partial charge >= 0.3 is 0 Å². The van der Waals surface area contributed by atoms with E-state index in [4.69, 9.17) is 4.74 Å². The van der Waals surface area contributed by atoms with Crippen molar-refractivity contribution in [2.24, 2.45) is 0 Å². The summed E-state index contributed by atoms with van der Waals surface area (Å²) in [6, 6.07) is 14.0. The number of para-hydroxylation sites is 1. The fraction of sp³-hybridized carbons (Fsp3) is 0.455. The lowest BCUT2D eigenvalue weighted by atomic mass is 10.0. The molecule has 2 heterocycles. The van der Waals surface area contributed by atoms with Gasteiger partial charge < -0.3 is 14.5 Å². The third kappa shape index (κ3) is 7.50. The highest BCUT2D eigenvalue weighted by atomic mass is 16.5. The van der Waals surface area contributed by atoms with Crippen LogP contribution in [-0.4, -0.2) is 70.9 Å². The minimum Gasteiger partial charge on any atom is -0.497 e. The molecule has 0 spiro atoms. The van der Waals surface area contributed by atoms with Gasteiger partial charge in [-0.3, -0.25) is 14.5 Å². The lowest BCUT2D eigenvalue weighted by molar-refractivity contribution is -0.118. The van der Waals surface area contributed by atoms with Crippen LogP contribution >= 0.6 is 0 Å². The highest BCUT2D eigenvalue weighted by molar-refractivity contribution is 5.97. The Balaban J connectivity index is 1.69. The molecule has 0 saturated carbocycles. The number of benzene rings is 2. The van der Waals surface area contributed by atoms with E-state index in [0.717, 1.165) is 53.5 Å². The molecule has 0 bridgehead atoms. The average molecular weight is 558 g/mol. The summed E-state index contributed by atoms with van der Waals surface area (Å²) < 4.78 is 5.29. The molecular weight excluding hydrogens is 514 g/mol. The second-order valence-electron chi connectivity index (χ2n) is 11.3. The van der Waals surface area contributed by atoms with Gasteiger partial charge in [0.2, 0.25) is 5.91 Å². The first-order valence-electron chi connectivity index (χ1n) is 14.5. The first kappa shape index (κ1) is 30.2. The van der Waals surface area contributed by atoms with E-state index in [9.17, 15) is 9.59 Å². The van der Waals surface area contributed by atoms with Crippen molar-refractivity contribution in [1.82, 2.24) is 19.8 Å². The minimum atomic E-state index is -0.105. The van der Waals surface area contributed by atoms with Crippen molar-refractivity contribution in [3.63, 3.8) is 0 Å². The fourth-order valence-electron chi connectivity index (χ4n) is 5.30. The Morgan fingerprint density at radius 2 is 1.63 bits per heavy atom. The molecule has 0 atom stereocenters. The van der Waals surface area contributed by atoms with E-state index >= 15 is 0 Å². The molecule has 8 nitrogen and oxygen atoms in total. The van der Waals surface area contributed by atoms with Crippen LogP contribution in [0.1, 0.15) is 72.9 Å². The van der Waals surface area contributed by atoms with Gasteiger partial charge in [-0.1, -0.05) is 44.2 Å². The largest absolute Gasteiger partial charge is 0.497 e. The molecule has 2 aromatic carbocycles. The normalized spacial score (nSPS) is 15.0. The van der Waals surface area contributed by atoms with Gasteiger partial charge in [-0.05, 0) is 56.0 Å². The zero-order valence-electron chi connectivity index (χ0n) is 25.3. The van der Waals surface area contributed by atoms with E-state index in [2.05, 4.69) is 28.7 Å². The maximum Gasteiger partial charge on any atom is 0.257 e. The number of nitrogens with zero attached hydrogens (tertiary/aromatic N) is 5. The summed E-state index contributed by atoms with van der Waals surface area (Å²) in [5.41, 5.74) is 4.28. The summed E-state index contributed by atoms with van der Waals surface area (Å²) in [4.78, 5) is 42.8. The Labute approximate surface area is 244 Å². The molecule has 0 radical (unpaired) electrons. The molecule has 218 valence electrons. The average Bonchev–Trinajstić information content (AvgIpc) is 3.00. The molecule has 8 heteroatoms. The van der Waals surface area contributed by atoms with Gasteiger partial charge in [-0.15, -0.1) is 0 Å². The summed E-state index contributed by atoms with van der Waals surface area (Å²) in [5.74, 6) is 1.61. The first-order valence-corrected chi connectivity index (χ1v) is 14.5. The highest BCUT2D eigenvalue weighted by Gasteiger charge is 2.26. The zero-order valence-corrected chi connectivity index (χ0v) is 25.3. The smallest absolute Gasteiger partial charge is 0.257 e. The summed E-state index contributed by atoms with van der Waals surface area (Å²) in [5, 5.41) is 0. The second kappa shape index (κ2) is 13.7. The van der Waals surface area contributed by atoms with Gasteiger partial charge in [-0.2, -0.15) is 0 Å². The van der Waals surface area contributed by atoms with Crippen LogP contribution in [0.25, 0.3) is 0 Å². The van der Waals surface area contributed by atoms with Gasteiger partial charge in [0.05, 0.1) is 24.8 Å². The van der Waals surface area contributed by atoms with Crippen LogP contribution in [-0.2, 0) is 17.8 Å². The van der Waals surface area contributed by atoms with E-state index in [1.54, 1.807) is 19.5 Å². The molecular formula is C33H43N5O3. The van der Waals surface area contributed by atoms with Crippen LogP contribution in [0.5, 0.6) is 5.75 Å². The number of aromatic nitrogens is 2. The van der Waals surface area contributed by atoms with Crippen molar-refractivity contribution in [2.75, 3.05) is 38.2 Å². The van der Waals surface area contributed by atoms with Crippen LogP contribution < -0.4 is 9.64 Å². The van der Waals surface area contributed by atoms with Gasteiger partial charge in [0, 0.05) is 57.1 Å². The molecule has 1 aliphatic heterocycles. The molecule has 41 heavy (non-hydrogen) atoms. The maximum atomic E-state index is 13.9. The number of hydrogen-bond acceptors (Lipinski definition) is 6. The van der Waals surface area contributed by atoms with Gasteiger partial charge in [0.15, 0.2) is 0 Å². The molecule has 0 fully saturated rings. The van der Waals surface area contributed by atoms with Crippen molar-refractivity contribution in [3.8, 4) is 5.75 Å². The number of hydrogen-bond donors (Lipinski definition) is 0. The number of ether oxygens (including phenoxy) is 1. The molecule has 1 aliphatic rings. The molecule has 3 aromatic rings. The maximum absolute atomic E-state index is 13.9. The summed E-state index contributed by atoms with van der Waals surface area (Å²) in [6.45, 7) is 13.6. The summed E-state index contributed by atoms with van der Waals surface area (Å²) in [7, 11) is 1.64. The van der Waals surface area contributed by atoms with Gasteiger partial charge in [0.1, 0.15) is 11.6 Å². The molecule has 0 saturated heterocycles. The quantitative estimate of drug-likeness (QED) is 0.412. The van der Waals surface area contributed by atoms with Crippen LogP contribution in [0.2, 0.25) is 0 Å². The van der Waals surface area contributed by atoms with E-state index in [1.807, 2.05) is 73.0 Å². The molecule has 4 rings (SSSR count). The number of carbonyl (C=O) groups excluding carboxylic acids is 2. The number of rotatable bonds is 6. The number of amides is 2. The summed E-state index contributed by atoms with van der Waals surface area (Å²) in [6.07, 6.45) is 4.39. The van der Waals surface area contributed by atoms with Crippen molar-refractivity contribution in [2.45, 2.75) is 66.0 Å². The topological polar surface area (TPSA) is 78.9 Å². The van der Waals surface area contributed by atoms with E-state index in [0.29, 0.717) is 31.2 Å². The van der Waals surface area contributed by atoms with Crippen molar-refractivity contribution < 1.29 is 14.3 Å². The Kier molecular flexibility index (Phi) is 10.1. The van der Waals surface area contributed by atoms with Crippen LogP contribution in [0.3, 0.4) is 0 Å². The van der Waals surface area contributed by atoms with Crippen molar-refractivity contribution in [3.05, 3.63) is 82.9 Å².